The summed E-state index contributed by atoms with van der Waals surface area (Å²) in [4.78, 5) is 22.8. The van der Waals surface area contributed by atoms with Crippen molar-refractivity contribution in [3.05, 3.63) is 33.9 Å². The number of carbonyl (C=O) groups excluding carboxylic acids is 1. The van der Waals surface area contributed by atoms with Crippen molar-refractivity contribution in [2.24, 2.45) is 5.41 Å². The number of nitrogens with zero attached hydrogens (tertiary/aromatic N) is 1. The fraction of sp³-hybridized carbons (Fsp3) is 0.533. The molecule has 1 aliphatic carbocycles. The van der Waals surface area contributed by atoms with E-state index in [0.717, 1.165) is 19.3 Å². The largest absolute Gasteiger partial charge is 0.385 e. The summed E-state index contributed by atoms with van der Waals surface area (Å²) >= 11 is 0. The minimum Gasteiger partial charge on any atom is -0.385 e. The lowest BCUT2D eigenvalue weighted by molar-refractivity contribution is -0.385. The van der Waals surface area contributed by atoms with Crippen LogP contribution in [0.15, 0.2) is 18.2 Å². The molecule has 21 heavy (non-hydrogen) atoms. The fourth-order valence-electron chi connectivity index (χ4n) is 2.39. The van der Waals surface area contributed by atoms with Crippen molar-refractivity contribution in [1.82, 2.24) is 5.32 Å². The molecule has 0 spiro atoms. The van der Waals surface area contributed by atoms with Crippen molar-refractivity contribution in [1.29, 1.82) is 0 Å². The number of nitro benzene ring substituents is 1. The van der Waals surface area contributed by atoms with Gasteiger partial charge in [0.15, 0.2) is 0 Å². The molecule has 2 rings (SSSR count). The molecule has 6 heteroatoms. The van der Waals surface area contributed by atoms with Gasteiger partial charge in [-0.3, -0.25) is 14.9 Å². The maximum absolute atomic E-state index is 12.3. The highest BCUT2D eigenvalue weighted by atomic mass is 16.6. The summed E-state index contributed by atoms with van der Waals surface area (Å²) in [5, 5.41) is 17.0. The molecular weight excluding hydrogens is 270 g/mol. The van der Waals surface area contributed by atoms with Crippen LogP contribution < -0.4 is 10.6 Å². The van der Waals surface area contributed by atoms with E-state index in [1.807, 2.05) is 6.92 Å². The van der Waals surface area contributed by atoms with Crippen LogP contribution in [0.25, 0.3) is 0 Å². The minimum absolute atomic E-state index is 0.116. The summed E-state index contributed by atoms with van der Waals surface area (Å²) in [7, 11) is 0. The number of hydrogen-bond acceptors (Lipinski definition) is 4. The number of amides is 1. The Morgan fingerprint density at radius 1 is 1.38 bits per heavy atom. The summed E-state index contributed by atoms with van der Waals surface area (Å²) in [6, 6.07) is 4.54. The van der Waals surface area contributed by atoms with Crippen LogP contribution in [0, 0.1) is 15.5 Å². The zero-order valence-electron chi connectivity index (χ0n) is 12.4. The summed E-state index contributed by atoms with van der Waals surface area (Å²) in [5.41, 5.74) is 0.884. The van der Waals surface area contributed by atoms with Gasteiger partial charge in [0.25, 0.3) is 11.6 Å². The van der Waals surface area contributed by atoms with Crippen LogP contribution in [-0.2, 0) is 0 Å². The zero-order valence-corrected chi connectivity index (χ0v) is 12.4. The molecule has 1 aromatic carbocycles. The third-order valence-electron chi connectivity index (χ3n) is 4.15. The van der Waals surface area contributed by atoms with Crippen LogP contribution in [0.2, 0.25) is 0 Å². The van der Waals surface area contributed by atoms with Crippen molar-refractivity contribution in [3.8, 4) is 0 Å². The van der Waals surface area contributed by atoms with Gasteiger partial charge in [0.1, 0.15) is 5.56 Å². The zero-order chi connectivity index (χ0) is 15.5. The van der Waals surface area contributed by atoms with Gasteiger partial charge in [-0.1, -0.05) is 6.92 Å². The monoisotopic (exact) mass is 291 g/mol. The van der Waals surface area contributed by atoms with Gasteiger partial charge in [-0.25, -0.2) is 0 Å². The lowest BCUT2D eigenvalue weighted by Crippen LogP contribution is -2.30. The highest BCUT2D eigenvalue weighted by molar-refractivity contribution is 5.99. The summed E-state index contributed by atoms with van der Waals surface area (Å²) in [5.74, 6) is -0.374. The lowest BCUT2D eigenvalue weighted by atomic mass is 10.0. The molecule has 1 aliphatic rings. The SMILES string of the molecule is CCNc1ccc([N+](=O)[O-])c(C(=O)NCC2(CC)CC2)c1. The van der Waals surface area contributed by atoms with E-state index in [-0.39, 0.29) is 22.6 Å². The highest BCUT2D eigenvalue weighted by Crippen LogP contribution is 2.47. The van der Waals surface area contributed by atoms with Gasteiger partial charge in [0, 0.05) is 24.8 Å². The molecule has 0 saturated heterocycles. The van der Waals surface area contributed by atoms with Crippen molar-refractivity contribution in [2.75, 3.05) is 18.4 Å². The van der Waals surface area contributed by atoms with E-state index in [9.17, 15) is 14.9 Å². The van der Waals surface area contributed by atoms with E-state index >= 15 is 0 Å². The third-order valence-corrected chi connectivity index (χ3v) is 4.15. The van der Waals surface area contributed by atoms with E-state index < -0.39 is 4.92 Å². The standard InChI is InChI=1S/C15H21N3O3/c1-3-15(7-8-15)10-17-14(19)12-9-11(16-4-2)5-6-13(12)18(20)21/h5-6,9,16H,3-4,7-8,10H2,1-2H3,(H,17,19). The number of anilines is 1. The van der Waals surface area contributed by atoms with E-state index in [2.05, 4.69) is 17.6 Å². The van der Waals surface area contributed by atoms with Crippen molar-refractivity contribution in [3.63, 3.8) is 0 Å². The Balaban J connectivity index is 2.16. The Bertz CT molecular complexity index is 553. The number of rotatable bonds is 7. The average Bonchev–Trinajstić information content (AvgIpc) is 3.25. The molecule has 0 atom stereocenters. The van der Waals surface area contributed by atoms with Crippen LogP contribution in [0.5, 0.6) is 0 Å². The van der Waals surface area contributed by atoms with E-state index in [4.69, 9.17) is 0 Å². The number of nitrogens with one attached hydrogen (secondary N) is 2. The van der Waals surface area contributed by atoms with Crippen LogP contribution >= 0.6 is 0 Å². The molecule has 0 aromatic heterocycles. The Kier molecular flexibility index (Phi) is 4.45. The van der Waals surface area contributed by atoms with E-state index in [0.29, 0.717) is 18.8 Å². The van der Waals surface area contributed by atoms with E-state index in [1.165, 1.54) is 6.07 Å². The molecule has 1 saturated carbocycles. The molecular formula is C15H21N3O3. The molecule has 1 aromatic rings. The first kappa shape index (κ1) is 15.3. The van der Waals surface area contributed by atoms with Crippen molar-refractivity contribution in [2.45, 2.75) is 33.1 Å². The molecule has 1 amide bonds. The molecule has 0 unspecified atom stereocenters. The molecule has 0 heterocycles. The highest BCUT2D eigenvalue weighted by Gasteiger charge is 2.40. The van der Waals surface area contributed by atoms with Gasteiger partial charge in [0.2, 0.25) is 0 Å². The third kappa shape index (κ3) is 3.51. The predicted octanol–water partition coefficient (Wildman–Crippen LogP) is 2.95. The summed E-state index contributed by atoms with van der Waals surface area (Å²) < 4.78 is 0. The lowest BCUT2D eigenvalue weighted by Gasteiger charge is -2.14. The molecule has 114 valence electrons. The summed E-state index contributed by atoms with van der Waals surface area (Å²) in [6.45, 7) is 5.31. The van der Waals surface area contributed by atoms with Gasteiger partial charge in [-0.05, 0) is 43.7 Å². The average molecular weight is 291 g/mol. The Labute approximate surface area is 124 Å². The van der Waals surface area contributed by atoms with Gasteiger partial charge in [-0.15, -0.1) is 0 Å². The van der Waals surface area contributed by atoms with Gasteiger partial charge < -0.3 is 10.6 Å². The Hall–Kier alpha value is -2.11. The second-order valence-corrected chi connectivity index (χ2v) is 5.56. The molecule has 0 radical (unpaired) electrons. The first-order valence-electron chi connectivity index (χ1n) is 7.32. The number of carbonyl (C=O) groups is 1. The predicted molar refractivity (Wildman–Crippen MR) is 81.6 cm³/mol. The number of benzene rings is 1. The van der Waals surface area contributed by atoms with Crippen molar-refractivity contribution < 1.29 is 9.72 Å². The molecule has 6 nitrogen and oxygen atoms in total. The van der Waals surface area contributed by atoms with Crippen LogP contribution in [-0.4, -0.2) is 23.9 Å². The maximum Gasteiger partial charge on any atom is 0.282 e. The first-order valence-corrected chi connectivity index (χ1v) is 7.32. The second kappa shape index (κ2) is 6.11. The second-order valence-electron chi connectivity index (χ2n) is 5.56. The van der Waals surface area contributed by atoms with Gasteiger partial charge in [-0.2, -0.15) is 0 Å². The number of nitro groups is 1. The molecule has 0 aliphatic heterocycles. The first-order chi connectivity index (χ1) is 10.0. The molecule has 2 N–H and O–H groups in total. The molecule has 0 bridgehead atoms. The topological polar surface area (TPSA) is 84.3 Å². The van der Waals surface area contributed by atoms with Crippen LogP contribution in [0.3, 0.4) is 0 Å². The van der Waals surface area contributed by atoms with Crippen LogP contribution in [0.4, 0.5) is 11.4 Å². The normalized spacial score (nSPS) is 15.3. The molecule has 1 fully saturated rings. The minimum atomic E-state index is -0.517. The Morgan fingerprint density at radius 2 is 2.10 bits per heavy atom. The van der Waals surface area contributed by atoms with Gasteiger partial charge in [0.05, 0.1) is 4.92 Å². The Morgan fingerprint density at radius 3 is 2.62 bits per heavy atom. The van der Waals surface area contributed by atoms with E-state index in [1.54, 1.807) is 12.1 Å². The van der Waals surface area contributed by atoms with Crippen LogP contribution in [0.1, 0.15) is 43.5 Å². The van der Waals surface area contributed by atoms with Gasteiger partial charge >= 0.3 is 0 Å². The summed E-state index contributed by atoms with van der Waals surface area (Å²) in [6.07, 6.45) is 3.25. The fourth-order valence-corrected chi connectivity index (χ4v) is 2.39. The number of hydrogen-bond donors (Lipinski definition) is 2. The quantitative estimate of drug-likeness (QED) is 0.597. The van der Waals surface area contributed by atoms with Crippen molar-refractivity contribution >= 4 is 17.3 Å². The smallest absolute Gasteiger partial charge is 0.282 e. The maximum atomic E-state index is 12.3.